The molecular weight excluding hydrogens is 404 g/mol. The van der Waals surface area contributed by atoms with Crippen molar-refractivity contribution in [1.29, 1.82) is 0 Å². The summed E-state index contributed by atoms with van der Waals surface area (Å²) in [5.41, 5.74) is 2.50. The summed E-state index contributed by atoms with van der Waals surface area (Å²) in [7, 11) is -1.51. The molecule has 1 saturated heterocycles. The quantitative estimate of drug-likeness (QED) is 0.648. The van der Waals surface area contributed by atoms with Crippen molar-refractivity contribution in [1.82, 2.24) is 20.1 Å². The molecule has 3 heterocycles. The summed E-state index contributed by atoms with van der Waals surface area (Å²) in [6, 6.07) is 14.2. The highest BCUT2D eigenvalue weighted by Gasteiger charge is 2.32. The van der Waals surface area contributed by atoms with Gasteiger partial charge in [-0.25, -0.2) is 8.42 Å². The first-order valence-corrected chi connectivity index (χ1v) is 11.4. The first-order valence-electron chi connectivity index (χ1n) is 9.58. The second kappa shape index (κ2) is 8.27. The fourth-order valence-electron chi connectivity index (χ4n) is 3.49. The number of nitrogens with zero attached hydrogens (tertiary/aromatic N) is 3. The fourth-order valence-corrected chi connectivity index (χ4v) is 5.19. The largest absolute Gasteiger partial charge is 0.497 e. The Labute approximate surface area is 174 Å². The number of sulfone groups is 1. The molecule has 1 fully saturated rings. The lowest BCUT2D eigenvalue weighted by molar-refractivity contribution is 0.0944. The summed E-state index contributed by atoms with van der Waals surface area (Å²) in [5, 5.41) is 7.29. The minimum atomic E-state index is -3.10. The van der Waals surface area contributed by atoms with Crippen molar-refractivity contribution < 1.29 is 17.9 Å². The zero-order chi connectivity index (χ0) is 21.1. The smallest absolute Gasteiger partial charge is 0.272 e. The molecule has 1 atom stereocenters. The highest BCUT2D eigenvalue weighted by molar-refractivity contribution is 7.91. The molecule has 3 aromatic rings. The Bertz CT molecular complexity index is 1140. The Balaban J connectivity index is 1.63. The van der Waals surface area contributed by atoms with Gasteiger partial charge in [-0.1, -0.05) is 6.07 Å². The predicted molar refractivity (Wildman–Crippen MR) is 112 cm³/mol. The first kappa shape index (κ1) is 20.1. The third-order valence-corrected chi connectivity index (χ3v) is 6.81. The monoisotopic (exact) mass is 426 g/mol. The maximum atomic E-state index is 12.7. The Morgan fingerprint density at radius 2 is 2.03 bits per heavy atom. The highest BCUT2D eigenvalue weighted by atomic mass is 32.2. The van der Waals surface area contributed by atoms with Gasteiger partial charge in [-0.15, -0.1) is 0 Å². The Morgan fingerprint density at radius 1 is 1.23 bits per heavy atom. The molecule has 9 heteroatoms. The molecule has 0 spiro atoms. The van der Waals surface area contributed by atoms with Crippen molar-refractivity contribution in [2.24, 2.45) is 0 Å². The number of aromatic nitrogens is 3. The third-order valence-electron chi connectivity index (χ3n) is 5.06. The molecule has 0 aliphatic carbocycles. The van der Waals surface area contributed by atoms with Crippen LogP contribution in [0.25, 0.3) is 11.3 Å². The molecule has 0 bridgehead atoms. The van der Waals surface area contributed by atoms with Gasteiger partial charge in [0.25, 0.3) is 5.91 Å². The highest BCUT2D eigenvalue weighted by Crippen LogP contribution is 2.31. The predicted octanol–water partition coefficient (Wildman–Crippen LogP) is 2.24. The van der Waals surface area contributed by atoms with Crippen molar-refractivity contribution in [3.8, 4) is 17.0 Å². The van der Waals surface area contributed by atoms with E-state index in [0.717, 1.165) is 11.3 Å². The van der Waals surface area contributed by atoms with E-state index in [-0.39, 0.29) is 35.7 Å². The van der Waals surface area contributed by atoms with E-state index in [9.17, 15) is 13.2 Å². The molecule has 1 amide bonds. The molecule has 156 valence electrons. The molecule has 0 radical (unpaired) electrons. The fraction of sp³-hybridized carbons (Fsp3) is 0.286. The summed E-state index contributed by atoms with van der Waals surface area (Å²) in [6.45, 7) is 0.280. The molecule has 1 N–H and O–H groups in total. The topological polar surface area (TPSA) is 103 Å². The van der Waals surface area contributed by atoms with Gasteiger partial charge in [0.15, 0.2) is 15.5 Å². The Hall–Kier alpha value is -3.20. The maximum absolute atomic E-state index is 12.7. The normalized spacial score (nSPS) is 17.6. The van der Waals surface area contributed by atoms with Gasteiger partial charge in [0.05, 0.1) is 42.6 Å². The zero-order valence-electron chi connectivity index (χ0n) is 16.5. The number of ether oxygens (including phenoxy) is 1. The summed E-state index contributed by atoms with van der Waals surface area (Å²) < 4.78 is 30.9. The van der Waals surface area contributed by atoms with Crippen molar-refractivity contribution in [3.63, 3.8) is 0 Å². The number of benzene rings is 1. The number of pyridine rings is 1. The number of methoxy groups -OCH3 is 1. The minimum Gasteiger partial charge on any atom is -0.497 e. The van der Waals surface area contributed by atoms with Crippen LogP contribution < -0.4 is 10.1 Å². The molecule has 0 unspecified atom stereocenters. The minimum absolute atomic E-state index is 0.0207. The average Bonchev–Trinajstić information content (AvgIpc) is 3.36. The summed E-state index contributed by atoms with van der Waals surface area (Å²) in [5.74, 6) is 0.518. The SMILES string of the molecule is COc1ccc(-c2cc(C(=O)NCc3ccccn3)nn2[C@H]2CCS(=O)(=O)C2)cc1. The van der Waals surface area contributed by atoms with Crippen LogP contribution in [0.3, 0.4) is 0 Å². The van der Waals surface area contributed by atoms with Crippen LogP contribution in [0.1, 0.15) is 28.6 Å². The van der Waals surface area contributed by atoms with Crippen LogP contribution in [-0.4, -0.2) is 47.7 Å². The van der Waals surface area contributed by atoms with E-state index >= 15 is 0 Å². The van der Waals surface area contributed by atoms with Crippen LogP contribution >= 0.6 is 0 Å². The first-order chi connectivity index (χ1) is 14.4. The number of carbonyl (C=O) groups is 1. The lowest BCUT2D eigenvalue weighted by atomic mass is 10.1. The number of nitrogens with one attached hydrogen (secondary N) is 1. The molecular formula is C21H22N4O4S. The van der Waals surface area contributed by atoms with Crippen molar-refractivity contribution in [2.45, 2.75) is 19.0 Å². The molecule has 1 aromatic carbocycles. The van der Waals surface area contributed by atoms with E-state index in [0.29, 0.717) is 17.9 Å². The van der Waals surface area contributed by atoms with Crippen LogP contribution in [0.15, 0.2) is 54.7 Å². The van der Waals surface area contributed by atoms with Gasteiger partial charge in [-0.2, -0.15) is 5.10 Å². The van der Waals surface area contributed by atoms with Crippen LogP contribution in [-0.2, 0) is 16.4 Å². The summed E-state index contributed by atoms with van der Waals surface area (Å²) in [6.07, 6.45) is 2.14. The van der Waals surface area contributed by atoms with Gasteiger partial charge >= 0.3 is 0 Å². The van der Waals surface area contributed by atoms with E-state index in [2.05, 4.69) is 15.4 Å². The average molecular weight is 426 g/mol. The molecule has 2 aromatic heterocycles. The van der Waals surface area contributed by atoms with Crippen molar-refractivity contribution >= 4 is 15.7 Å². The molecule has 4 rings (SSSR count). The van der Waals surface area contributed by atoms with E-state index in [1.165, 1.54) is 0 Å². The van der Waals surface area contributed by atoms with Crippen LogP contribution in [0, 0.1) is 0 Å². The Kier molecular flexibility index (Phi) is 5.54. The van der Waals surface area contributed by atoms with Gasteiger partial charge in [0, 0.05) is 11.8 Å². The van der Waals surface area contributed by atoms with E-state index < -0.39 is 9.84 Å². The van der Waals surface area contributed by atoms with E-state index in [4.69, 9.17) is 4.74 Å². The molecule has 1 aliphatic heterocycles. The van der Waals surface area contributed by atoms with Gasteiger partial charge in [0.2, 0.25) is 0 Å². The van der Waals surface area contributed by atoms with Crippen LogP contribution in [0.4, 0.5) is 0 Å². The number of amides is 1. The standard InChI is InChI=1S/C21H22N4O4S/c1-29-18-7-5-15(6-8-18)20-12-19(21(26)23-13-16-4-2-3-10-22-16)24-25(20)17-9-11-30(27,28)14-17/h2-8,10,12,17H,9,11,13-14H2,1H3,(H,23,26)/t17-/m0/s1. The van der Waals surface area contributed by atoms with Crippen molar-refractivity contribution in [3.05, 3.63) is 66.1 Å². The second-order valence-electron chi connectivity index (χ2n) is 7.15. The summed E-state index contributed by atoms with van der Waals surface area (Å²) >= 11 is 0. The number of carbonyl (C=O) groups excluding carboxylic acids is 1. The maximum Gasteiger partial charge on any atom is 0.272 e. The Morgan fingerprint density at radius 3 is 2.67 bits per heavy atom. The lowest BCUT2D eigenvalue weighted by Crippen LogP contribution is -2.24. The molecule has 30 heavy (non-hydrogen) atoms. The van der Waals surface area contributed by atoms with Gasteiger partial charge < -0.3 is 10.1 Å². The number of hydrogen-bond acceptors (Lipinski definition) is 6. The van der Waals surface area contributed by atoms with Crippen LogP contribution in [0.2, 0.25) is 0 Å². The van der Waals surface area contributed by atoms with Crippen LogP contribution in [0.5, 0.6) is 5.75 Å². The second-order valence-corrected chi connectivity index (χ2v) is 9.38. The third kappa shape index (κ3) is 4.35. The molecule has 1 aliphatic rings. The van der Waals surface area contributed by atoms with Gasteiger partial charge in [-0.3, -0.25) is 14.5 Å². The molecule has 8 nitrogen and oxygen atoms in total. The zero-order valence-corrected chi connectivity index (χ0v) is 17.3. The van der Waals surface area contributed by atoms with Gasteiger partial charge in [-0.05, 0) is 48.9 Å². The van der Waals surface area contributed by atoms with Gasteiger partial charge in [0.1, 0.15) is 5.75 Å². The summed E-state index contributed by atoms with van der Waals surface area (Å²) in [4.78, 5) is 16.9. The van der Waals surface area contributed by atoms with E-state index in [1.54, 1.807) is 24.1 Å². The molecule has 0 saturated carbocycles. The van der Waals surface area contributed by atoms with Crippen molar-refractivity contribution in [2.75, 3.05) is 18.6 Å². The number of hydrogen-bond donors (Lipinski definition) is 1. The van der Waals surface area contributed by atoms with E-state index in [1.807, 2.05) is 42.5 Å². The lowest BCUT2D eigenvalue weighted by Gasteiger charge is -2.13. The number of rotatable bonds is 6.